The van der Waals surface area contributed by atoms with Gasteiger partial charge in [0, 0.05) is 12.2 Å². The zero-order chi connectivity index (χ0) is 18.9. The summed E-state index contributed by atoms with van der Waals surface area (Å²) in [6.07, 6.45) is 2.09. The van der Waals surface area contributed by atoms with Crippen molar-refractivity contribution in [2.45, 2.75) is 43.1 Å². The molecule has 4 rings (SSSR count). The van der Waals surface area contributed by atoms with E-state index in [1.165, 1.54) is 5.56 Å². The first-order valence-electron chi connectivity index (χ1n) is 9.42. The third-order valence-electron chi connectivity index (χ3n) is 5.55. The molecule has 0 saturated carbocycles. The van der Waals surface area contributed by atoms with Gasteiger partial charge in [0.2, 0.25) is 11.8 Å². The van der Waals surface area contributed by atoms with E-state index in [-0.39, 0.29) is 28.8 Å². The van der Waals surface area contributed by atoms with Crippen molar-refractivity contribution in [1.29, 1.82) is 0 Å². The first-order valence-corrected chi connectivity index (χ1v) is 10.4. The van der Waals surface area contributed by atoms with Crippen molar-refractivity contribution in [2.75, 3.05) is 5.75 Å². The van der Waals surface area contributed by atoms with Gasteiger partial charge in [0.15, 0.2) is 0 Å². The zero-order valence-corrected chi connectivity index (χ0v) is 16.2. The highest BCUT2D eigenvalue weighted by molar-refractivity contribution is 8.01. The molecule has 2 aromatic rings. The largest absolute Gasteiger partial charge is 0.347 e. The van der Waals surface area contributed by atoms with Gasteiger partial charge in [-0.2, -0.15) is 0 Å². The molecule has 2 amide bonds. The van der Waals surface area contributed by atoms with Crippen molar-refractivity contribution in [3.05, 3.63) is 71.8 Å². The Kier molecular flexibility index (Phi) is 4.96. The standard InChI is InChI=1S/C22H24N2O2S/c1-22-13-12-20(25)24(22)19(15-27-22)21(26)23-18(17-10-6-3-7-11-17)14-16-8-4-2-5-9-16/h2-11,18-19H,12-15H2,1H3,(H,23,26)/t18-,19-,22+/m1/s1. The van der Waals surface area contributed by atoms with Crippen LogP contribution in [0.5, 0.6) is 0 Å². The van der Waals surface area contributed by atoms with Crippen molar-refractivity contribution in [3.8, 4) is 0 Å². The minimum absolute atomic E-state index is 0.0498. The Morgan fingerprint density at radius 3 is 2.56 bits per heavy atom. The van der Waals surface area contributed by atoms with E-state index < -0.39 is 0 Å². The maximum Gasteiger partial charge on any atom is 0.244 e. The fourth-order valence-electron chi connectivity index (χ4n) is 4.07. The number of nitrogens with one attached hydrogen (secondary N) is 1. The van der Waals surface area contributed by atoms with Crippen LogP contribution in [-0.4, -0.2) is 33.4 Å². The Morgan fingerprint density at radius 1 is 1.19 bits per heavy atom. The molecule has 140 valence electrons. The van der Waals surface area contributed by atoms with Gasteiger partial charge < -0.3 is 10.2 Å². The first-order chi connectivity index (χ1) is 13.1. The Bertz CT molecular complexity index is 827. The molecule has 4 nitrogen and oxygen atoms in total. The molecule has 0 unspecified atom stereocenters. The van der Waals surface area contributed by atoms with Gasteiger partial charge in [0.1, 0.15) is 6.04 Å². The van der Waals surface area contributed by atoms with Crippen LogP contribution in [-0.2, 0) is 16.0 Å². The summed E-state index contributed by atoms with van der Waals surface area (Å²) in [7, 11) is 0. The smallest absolute Gasteiger partial charge is 0.244 e. The average molecular weight is 381 g/mol. The lowest BCUT2D eigenvalue weighted by atomic mass is 9.98. The van der Waals surface area contributed by atoms with Crippen molar-refractivity contribution in [3.63, 3.8) is 0 Å². The second kappa shape index (κ2) is 7.39. The highest BCUT2D eigenvalue weighted by atomic mass is 32.2. The topological polar surface area (TPSA) is 49.4 Å². The van der Waals surface area contributed by atoms with Gasteiger partial charge in [-0.3, -0.25) is 9.59 Å². The van der Waals surface area contributed by atoms with Crippen LogP contribution in [0.25, 0.3) is 0 Å². The van der Waals surface area contributed by atoms with Crippen LogP contribution < -0.4 is 5.32 Å². The average Bonchev–Trinajstić information content (AvgIpc) is 3.19. The number of hydrogen-bond acceptors (Lipinski definition) is 3. The molecule has 0 aromatic heterocycles. The quantitative estimate of drug-likeness (QED) is 0.863. The molecule has 2 aliphatic heterocycles. The summed E-state index contributed by atoms with van der Waals surface area (Å²) in [5.41, 5.74) is 2.26. The molecule has 3 atom stereocenters. The molecule has 5 heteroatoms. The van der Waals surface area contributed by atoms with Crippen LogP contribution in [0.3, 0.4) is 0 Å². The molecule has 0 radical (unpaired) electrons. The van der Waals surface area contributed by atoms with E-state index in [4.69, 9.17) is 0 Å². The van der Waals surface area contributed by atoms with Crippen molar-refractivity contribution >= 4 is 23.6 Å². The van der Waals surface area contributed by atoms with E-state index >= 15 is 0 Å². The fraction of sp³-hybridized carbons (Fsp3) is 0.364. The minimum atomic E-state index is -0.378. The predicted molar refractivity (Wildman–Crippen MR) is 108 cm³/mol. The summed E-state index contributed by atoms with van der Waals surface area (Å²) in [4.78, 5) is 27.1. The number of rotatable bonds is 5. The summed E-state index contributed by atoms with van der Waals surface area (Å²) >= 11 is 1.73. The van der Waals surface area contributed by atoms with E-state index in [0.29, 0.717) is 12.2 Å². The number of amides is 2. The number of thioether (sulfide) groups is 1. The van der Waals surface area contributed by atoms with Crippen LogP contribution in [0.4, 0.5) is 0 Å². The van der Waals surface area contributed by atoms with E-state index in [2.05, 4.69) is 24.4 Å². The lowest BCUT2D eigenvalue weighted by Gasteiger charge is -2.31. The second-order valence-corrected chi connectivity index (χ2v) is 8.93. The Labute approximate surface area is 164 Å². The molecule has 1 N–H and O–H groups in total. The molecule has 27 heavy (non-hydrogen) atoms. The normalized spacial score (nSPS) is 25.3. The summed E-state index contributed by atoms with van der Waals surface area (Å²) in [6.45, 7) is 2.08. The van der Waals surface area contributed by atoms with Gasteiger partial charge in [0.25, 0.3) is 0 Å². The minimum Gasteiger partial charge on any atom is -0.347 e. The SMILES string of the molecule is C[C@]12CCC(=O)N1[C@@H](C(=O)N[C@H](Cc1ccccc1)c1ccccc1)CS2. The predicted octanol–water partition coefficient (Wildman–Crippen LogP) is 3.54. The number of carbonyl (C=O) groups excluding carboxylic acids is 2. The molecule has 0 spiro atoms. The van der Waals surface area contributed by atoms with Crippen LogP contribution in [0.2, 0.25) is 0 Å². The van der Waals surface area contributed by atoms with Gasteiger partial charge in [0.05, 0.1) is 10.9 Å². The maximum absolute atomic E-state index is 13.1. The lowest BCUT2D eigenvalue weighted by molar-refractivity contribution is -0.138. The monoisotopic (exact) mass is 380 g/mol. The van der Waals surface area contributed by atoms with Crippen molar-refractivity contribution in [2.24, 2.45) is 0 Å². The molecular formula is C22H24N2O2S. The summed E-state index contributed by atoms with van der Waals surface area (Å²) in [6, 6.07) is 19.7. The first kappa shape index (κ1) is 18.1. The van der Waals surface area contributed by atoms with Gasteiger partial charge in [-0.25, -0.2) is 0 Å². The van der Waals surface area contributed by atoms with Crippen LogP contribution in [0, 0.1) is 0 Å². The van der Waals surface area contributed by atoms with Gasteiger partial charge >= 0.3 is 0 Å². The fourth-order valence-corrected chi connectivity index (χ4v) is 5.50. The number of nitrogens with zero attached hydrogens (tertiary/aromatic N) is 1. The zero-order valence-electron chi connectivity index (χ0n) is 15.4. The highest BCUT2D eigenvalue weighted by Crippen LogP contribution is 2.47. The van der Waals surface area contributed by atoms with Gasteiger partial charge in [-0.1, -0.05) is 60.7 Å². The number of carbonyl (C=O) groups is 2. The molecule has 2 heterocycles. The number of fused-ring (bicyclic) bond motifs is 1. The van der Waals surface area contributed by atoms with Crippen molar-refractivity contribution in [1.82, 2.24) is 10.2 Å². The molecule has 2 aliphatic rings. The van der Waals surface area contributed by atoms with Crippen LogP contribution in [0.15, 0.2) is 60.7 Å². The molecule has 2 fully saturated rings. The molecule has 0 bridgehead atoms. The summed E-state index contributed by atoms with van der Waals surface area (Å²) < 4.78 is 0. The number of benzene rings is 2. The molecular weight excluding hydrogens is 356 g/mol. The van der Waals surface area contributed by atoms with Gasteiger partial charge in [-0.15, -0.1) is 11.8 Å². The van der Waals surface area contributed by atoms with E-state index in [9.17, 15) is 9.59 Å². The third kappa shape index (κ3) is 3.61. The van der Waals surface area contributed by atoms with E-state index in [1.807, 2.05) is 53.4 Å². The highest BCUT2D eigenvalue weighted by Gasteiger charge is 2.53. The Balaban J connectivity index is 1.54. The lowest BCUT2D eigenvalue weighted by Crippen LogP contribution is -2.50. The Morgan fingerprint density at radius 2 is 1.85 bits per heavy atom. The van der Waals surface area contributed by atoms with Crippen molar-refractivity contribution < 1.29 is 9.59 Å². The maximum atomic E-state index is 13.1. The third-order valence-corrected chi connectivity index (χ3v) is 7.05. The van der Waals surface area contributed by atoms with Gasteiger partial charge in [-0.05, 0) is 30.9 Å². The van der Waals surface area contributed by atoms with Crippen LogP contribution >= 0.6 is 11.8 Å². The number of hydrogen-bond donors (Lipinski definition) is 1. The van der Waals surface area contributed by atoms with Crippen LogP contribution in [0.1, 0.15) is 36.9 Å². The van der Waals surface area contributed by atoms with E-state index in [0.717, 1.165) is 18.4 Å². The summed E-state index contributed by atoms with van der Waals surface area (Å²) in [5.74, 6) is 0.717. The van der Waals surface area contributed by atoms with E-state index in [1.54, 1.807) is 11.8 Å². The molecule has 2 saturated heterocycles. The second-order valence-electron chi connectivity index (χ2n) is 7.43. The molecule has 2 aromatic carbocycles. The summed E-state index contributed by atoms with van der Waals surface area (Å²) in [5, 5.41) is 3.23. The Hall–Kier alpha value is -2.27. The molecule has 0 aliphatic carbocycles.